The van der Waals surface area contributed by atoms with Gasteiger partial charge in [0.2, 0.25) is 5.75 Å². The van der Waals surface area contributed by atoms with Crippen molar-refractivity contribution in [3.8, 4) is 5.75 Å². The molecule has 1 aromatic heterocycles. The number of nitrogens with one attached hydrogen (secondary N) is 1. The van der Waals surface area contributed by atoms with Crippen molar-refractivity contribution in [3.05, 3.63) is 56.5 Å². The van der Waals surface area contributed by atoms with Gasteiger partial charge in [0.1, 0.15) is 0 Å². The molecule has 1 amide bonds. The number of thiazole rings is 1. The summed E-state index contributed by atoms with van der Waals surface area (Å²) in [5, 5.41) is 24.5. The third kappa shape index (κ3) is 4.81. The lowest BCUT2D eigenvalue weighted by Gasteiger charge is -2.02. The number of thioether (sulfide) groups is 1. The number of aromatic nitrogens is 1. The lowest BCUT2D eigenvalue weighted by Crippen LogP contribution is -2.19. The molecule has 2 aromatic carbocycles. The molecule has 27 heavy (non-hydrogen) atoms. The van der Waals surface area contributed by atoms with E-state index in [2.05, 4.69) is 31.4 Å². The van der Waals surface area contributed by atoms with Crippen LogP contribution in [0.25, 0.3) is 10.2 Å². The van der Waals surface area contributed by atoms with Crippen LogP contribution in [-0.2, 0) is 4.79 Å². The zero-order chi connectivity index (χ0) is 19.4. The van der Waals surface area contributed by atoms with Crippen LogP contribution in [0.5, 0.6) is 5.75 Å². The lowest BCUT2D eigenvalue weighted by atomic mass is 10.2. The molecule has 11 heteroatoms. The smallest absolute Gasteiger partial charge is 0.312 e. The Hall–Kier alpha value is -2.50. The molecule has 2 N–H and O–H groups in total. The van der Waals surface area contributed by atoms with Gasteiger partial charge in [0.25, 0.3) is 5.91 Å². The maximum absolute atomic E-state index is 11.9. The number of halogens is 1. The van der Waals surface area contributed by atoms with Crippen molar-refractivity contribution in [2.75, 3.05) is 5.75 Å². The van der Waals surface area contributed by atoms with Gasteiger partial charge < -0.3 is 5.11 Å². The van der Waals surface area contributed by atoms with Gasteiger partial charge in [0.05, 0.1) is 27.1 Å². The zero-order valence-corrected chi connectivity index (χ0v) is 16.7. The molecule has 3 rings (SSSR count). The first-order valence-corrected chi connectivity index (χ1v) is 10.0. The van der Waals surface area contributed by atoms with E-state index in [-0.39, 0.29) is 17.2 Å². The van der Waals surface area contributed by atoms with Crippen molar-refractivity contribution in [3.63, 3.8) is 0 Å². The van der Waals surface area contributed by atoms with E-state index in [1.807, 2.05) is 24.3 Å². The van der Waals surface area contributed by atoms with E-state index in [0.717, 1.165) is 20.8 Å². The SMILES string of the molecule is O=C(CSc1nc2ccccc2s1)N/N=C/c1cc(Br)cc([N+](=O)[O-])c1O. The Morgan fingerprint density at radius 1 is 1.44 bits per heavy atom. The van der Waals surface area contributed by atoms with Crippen LogP contribution in [0.15, 0.2) is 50.3 Å². The molecular formula is C16H11BrN4O4S2. The quantitative estimate of drug-likeness (QED) is 0.246. The normalized spacial score (nSPS) is 11.1. The molecule has 8 nitrogen and oxygen atoms in total. The number of carbonyl (C=O) groups excluding carboxylic acids is 1. The first kappa shape index (κ1) is 19.3. The van der Waals surface area contributed by atoms with Crippen LogP contribution in [0, 0.1) is 10.1 Å². The van der Waals surface area contributed by atoms with E-state index in [1.165, 1.54) is 35.2 Å². The number of phenolic OH excluding ortho intramolecular Hbond substituents is 1. The minimum Gasteiger partial charge on any atom is -0.502 e. The number of nitro groups is 1. The van der Waals surface area contributed by atoms with Crippen LogP contribution in [0.4, 0.5) is 5.69 Å². The van der Waals surface area contributed by atoms with E-state index in [9.17, 15) is 20.0 Å². The predicted octanol–water partition coefficient (Wildman–Crippen LogP) is 3.92. The Labute approximate surface area is 169 Å². The van der Waals surface area contributed by atoms with Gasteiger partial charge in [-0.2, -0.15) is 5.10 Å². The van der Waals surface area contributed by atoms with Crippen molar-refractivity contribution in [2.24, 2.45) is 5.10 Å². The highest BCUT2D eigenvalue weighted by molar-refractivity contribution is 9.10. The second kappa shape index (κ2) is 8.46. The van der Waals surface area contributed by atoms with Crippen molar-refractivity contribution in [1.29, 1.82) is 0 Å². The number of hydrogen-bond acceptors (Lipinski definition) is 8. The Kier molecular flexibility index (Phi) is 6.04. The van der Waals surface area contributed by atoms with Gasteiger partial charge in [0.15, 0.2) is 4.34 Å². The first-order valence-electron chi connectivity index (χ1n) is 7.41. The van der Waals surface area contributed by atoms with Crippen LogP contribution in [0.3, 0.4) is 0 Å². The summed E-state index contributed by atoms with van der Waals surface area (Å²) in [5.74, 6) is -0.772. The molecule has 0 saturated heterocycles. The summed E-state index contributed by atoms with van der Waals surface area (Å²) in [7, 11) is 0. The molecule has 0 aliphatic rings. The largest absolute Gasteiger partial charge is 0.502 e. The number of aromatic hydroxyl groups is 1. The molecule has 0 aliphatic carbocycles. The summed E-state index contributed by atoms with van der Waals surface area (Å²) in [6.45, 7) is 0. The summed E-state index contributed by atoms with van der Waals surface area (Å²) in [6, 6.07) is 10.3. The van der Waals surface area contributed by atoms with E-state index < -0.39 is 16.4 Å². The third-order valence-corrected chi connectivity index (χ3v) is 5.91. The Morgan fingerprint density at radius 3 is 2.96 bits per heavy atom. The second-order valence-electron chi connectivity index (χ2n) is 5.15. The standard InChI is InChI=1S/C16H11BrN4O4S2/c17-10-5-9(15(23)12(6-10)21(24)25)7-18-20-14(22)8-26-16-19-11-3-1-2-4-13(11)27-16/h1-7,23H,8H2,(H,20,22)/b18-7+. The minimum atomic E-state index is -0.704. The van der Waals surface area contributed by atoms with Crippen molar-refractivity contribution in [1.82, 2.24) is 10.4 Å². The van der Waals surface area contributed by atoms with Gasteiger partial charge in [-0.15, -0.1) is 11.3 Å². The molecule has 0 radical (unpaired) electrons. The molecule has 0 unspecified atom stereocenters. The van der Waals surface area contributed by atoms with Crippen LogP contribution in [0.2, 0.25) is 0 Å². The molecule has 1 heterocycles. The van der Waals surface area contributed by atoms with Crippen LogP contribution < -0.4 is 5.43 Å². The molecule has 0 saturated carbocycles. The fraction of sp³-hybridized carbons (Fsp3) is 0.0625. The topological polar surface area (TPSA) is 118 Å². The summed E-state index contributed by atoms with van der Waals surface area (Å²) in [6.07, 6.45) is 1.15. The number of carbonyl (C=O) groups is 1. The van der Waals surface area contributed by atoms with Gasteiger partial charge in [-0.25, -0.2) is 10.4 Å². The van der Waals surface area contributed by atoms with Gasteiger partial charge >= 0.3 is 5.69 Å². The average molecular weight is 467 g/mol. The number of phenols is 1. The molecule has 0 aliphatic heterocycles. The Morgan fingerprint density at radius 2 is 2.22 bits per heavy atom. The van der Waals surface area contributed by atoms with Crippen molar-refractivity contribution < 1.29 is 14.8 Å². The number of amides is 1. The van der Waals surface area contributed by atoms with E-state index in [0.29, 0.717) is 4.47 Å². The highest BCUT2D eigenvalue weighted by atomic mass is 79.9. The number of nitrogens with zero attached hydrogens (tertiary/aromatic N) is 3. The number of nitro benzene ring substituents is 1. The summed E-state index contributed by atoms with van der Waals surface area (Å²) >= 11 is 5.91. The lowest BCUT2D eigenvalue weighted by molar-refractivity contribution is -0.385. The number of fused-ring (bicyclic) bond motifs is 1. The van der Waals surface area contributed by atoms with Gasteiger partial charge in [0, 0.05) is 16.1 Å². The zero-order valence-electron chi connectivity index (χ0n) is 13.5. The van der Waals surface area contributed by atoms with E-state index in [1.54, 1.807) is 0 Å². The summed E-state index contributed by atoms with van der Waals surface area (Å²) in [5.41, 5.74) is 2.86. The molecule has 138 valence electrons. The molecular weight excluding hydrogens is 456 g/mol. The summed E-state index contributed by atoms with van der Waals surface area (Å²) < 4.78 is 2.23. The number of benzene rings is 2. The molecule has 3 aromatic rings. The molecule has 0 fully saturated rings. The van der Waals surface area contributed by atoms with Crippen LogP contribution in [-0.4, -0.2) is 32.9 Å². The fourth-order valence-electron chi connectivity index (χ4n) is 2.09. The average Bonchev–Trinajstić information content (AvgIpc) is 3.05. The van der Waals surface area contributed by atoms with Gasteiger partial charge in [-0.1, -0.05) is 39.8 Å². The molecule has 0 bridgehead atoms. The number of rotatable bonds is 6. The fourth-order valence-corrected chi connectivity index (χ4v) is 4.41. The monoisotopic (exact) mass is 466 g/mol. The number of hydrazone groups is 1. The summed E-state index contributed by atoms with van der Waals surface area (Å²) in [4.78, 5) is 26.5. The number of hydrogen-bond donors (Lipinski definition) is 2. The van der Waals surface area contributed by atoms with E-state index >= 15 is 0 Å². The van der Waals surface area contributed by atoms with Crippen molar-refractivity contribution >= 4 is 67.1 Å². The Bertz CT molecular complexity index is 1020. The van der Waals surface area contributed by atoms with Crippen LogP contribution >= 0.6 is 39.0 Å². The van der Waals surface area contributed by atoms with Crippen LogP contribution in [0.1, 0.15) is 5.56 Å². The second-order valence-corrected chi connectivity index (χ2v) is 8.32. The Balaban J connectivity index is 1.59. The minimum absolute atomic E-state index is 0.107. The highest BCUT2D eigenvalue weighted by Crippen LogP contribution is 2.32. The number of para-hydroxylation sites is 1. The maximum Gasteiger partial charge on any atom is 0.312 e. The van der Waals surface area contributed by atoms with Crippen molar-refractivity contribution in [2.45, 2.75) is 4.34 Å². The van der Waals surface area contributed by atoms with Gasteiger partial charge in [-0.05, 0) is 18.2 Å². The van der Waals surface area contributed by atoms with Gasteiger partial charge in [-0.3, -0.25) is 14.9 Å². The third-order valence-electron chi connectivity index (χ3n) is 3.27. The molecule has 0 spiro atoms. The highest BCUT2D eigenvalue weighted by Gasteiger charge is 2.17. The predicted molar refractivity (Wildman–Crippen MR) is 109 cm³/mol. The molecule has 0 atom stereocenters. The first-order chi connectivity index (χ1) is 12.9. The van der Waals surface area contributed by atoms with E-state index in [4.69, 9.17) is 0 Å². The maximum atomic E-state index is 11.9.